The van der Waals surface area contributed by atoms with E-state index >= 15 is 0 Å². The summed E-state index contributed by atoms with van der Waals surface area (Å²) in [5, 5.41) is 6.59. The van der Waals surface area contributed by atoms with Crippen molar-refractivity contribution in [2.75, 3.05) is 46.3 Å². The van der Waals surface area contributed by atoms with Crippen LogP contribution in [0.2, 0.25) is 0 Å². The molecule has 3 heterocycles. The maximum atomic E-state index is 14.6. The van der Waals surface area contributed by atoms with Crippen LogP contribution in [-0.2, 0) is 11.2 Å². The molecule has 0 aliphatic carbocycles. The topological polar surface area (TPSA) is 89.6 Å². The molecule has 176 valence electrons. The largest absolute Gasteiger partial charge is 0.339 e. The smallest absolute Gasteiger partial charge is 0.267 e. The summed E-state index contributed by atoms with van der Waals surface area (Å²) in [6.45, 7) is 6.96. The zero-order chi connectivity index (χ0) is 23.7. The Kier molecular flexibility index (Phi) is 6.60. The molecule has 9 heteroatoms. The maximum absolute atomic E-state index is 14.6. The number of hydrogen-bond donors (Lipinski definition) is 1. The Morgan fingerprint density at radius 3 is 2.45 bits per heavy atom. The third-order valence-corrected chi connectivity index (χ3v) is 6.88. The summed E-state index contributed by atoms with van der Waals surface area (Å²) in [5.41, 5.74) is 2.58. The van der Waals surface area contributed by atoms with Gasteiger partial charge in [0, 0.05) is 44.7 Å². The van der Waals surface area contributed by atoms with Crippen LogP contribution in [-0.4, -0.2) is 83.0 Å². The number of hydrogen-bond acceptors (Lipinski definition) is 5. The van der Waals surface area contributed by atoms with E-state index in [1.807, 2.05) is 18.9 Å². The predicted molar refractivity (Wildman–Crippen MR) is 122 cm³/mol. The highest BCUT2D eigenvalue weighted by Gasteiger charge is 2.32. The minimum atomic E-state index is -0.571. The molecule has 2 amide bonds. The van der Waals surface area contributed by atoms with Crippen LogP contribution in [0.25, 0.3) is 0 Å². The summed E-state index contributed by atoms with van der Waals surface area (Å²) in [5.74, 6) is -0.762. The Morgan fingerprint density at radius 1 is 1.09 bits per heavy atom. The van der Waals surface area contributed by atoms with Crippen molar-refractivity contribution in [3.8, 4) is 0 Å². The van der Waals surface area contributed by atoms with E-state index in [0.29, 0.717) is 43.9 Å². The quantitative estimate of drug-likeness (QED) is 0.752. The van der Waals surface area contributed by atoms with Crippen LogP contribution < -0.4 is 5.56 Å². The summed E-state index contributed by atoms with van der Waals surface area (Å²) >= 11 is 0. The summed E-state index contributed by atoms with van der Waals surface area (Å²) < 4.78 is 14.6. The Balaban J connectivity index is 1.43. The van der Waals surface area contributed by atoms with Gasteiger partial charge < -0.3 is 14.7 Å². The molecule has 2 fully saturated rings. The van der Waals surface area contributed by atoms with E-state index in [1.54, 1.807) is 24.0 Å². The number of H-pyrrole nitrogens is 1. The van der Waals surface area contributed by atoms with E-state index in [4.69, 9.17) is 0 Å². The Morgan fingerprint density at radius 2 is 1.79 bits per heavy atom. The first-order valence-electron chi connectivity index (χ1n) is 11.3. The van der Waals surface area contributed by atoms with E-state index in [0.717, 1.165) is 30.6 Å². The van der Waals surface area contributed by atoms with Gasteiger partial charge in [0.2, 0.25) is 5.91 Å². The lowest BCUT2D eigenvalue weighted by molar-refractivity contribution is -0.136. The average molecular weight is 456 g/mol. The van der Waals surface area contributed by atoms with Crippen LogP contribution in [0, 0.1) is 25.6 Å². The van der Waals surface area contributed by atoms with Crippen molar-refractivity contribution in [3.05, 3.63) is 62.3 Å². The summed E-state index contributed by atoms with van der Waals surface area (Å²) in [4.78, 5) is 43.1. The van der Waals surface area contributed by atoms with E-state index in [9.17, 15) is 18.8 Å². The number of rotatable bonds is 4. The number of benzene rings is 1. The summed E-state index contributed by atoms with van der Waals surface area (Å²) in [6, 6.07) is 4.49. The highest BCUT2D eigenvalue weighted by atomic mass is 19.1. The van der Waals surface area contributed by atoms with Crippen LogP contribution in [0.4, 0.5) is 4.39 Å². The number of amides is 2. The Hall–Kier alpha value is -3.07. The van der Waals surface area contributed by atoms with Gasteiger partial charge in [0.15, 0.2) is 0 Å². The maximum Gasteiger partial charge on any atom is 0.267 e. The lowest BCUT2D eigenvalue weighted by atomic mass is 10.0. The van der Waals surface area contributed by atoms with Crippen molar-refractivity contribution < 1.29 is 14.0 Å². The molecule has 4 rings (SSSR count). The number of nitrogens with zero attached hydrogens (tertiary/aromatic N) is 4. The fourth-order valence-corrected chi connectivity index (χ4v) is 4.58. The molecule has 1 aromatic carbocycles. The van der Waals surface area contributed by atoms with E-state index in [-0.39, 0.29) is 28.9 Å². The van der Waals surface area contributed by atoms with Gasteiger partial charge in [-0.2, -0.15) is 5.10 Å². The summed E-state index contributed by atoms with van der Waals surface area (Å²) in [7, 11) is 2.02. The van der Waals surface area contributed by atoms with Crippen molar-refractivity contribution in [1.29, 1.82) is 0 Å². The second-order valence-corrected chi connectivity index (χ2v) is 9.11. The number of aromatic amines is 1. The molecule has 0 spiro atoms. The molecule has 1 unspecified atom stereocenters. The SMILES string of the molecule is Cc1c(Cc2ccc(F)c(C(=O)N3CCN(C(=O)C4CCN(C)C4)CC3)c2)n[nH]c(=O)c1C. The minimum Gasteiger partial charge on any atom is -0.339 e. The fourth-order valence-electron chi connectivity index (χ4n) is 4.58. The molecule has 2 aromatic rings. The molecule has 2 saturated heterocycles. The zero-order valence-corrected chi connectivity index (χ0v) is 19.4. The van der Waals surface area contributed by atoms with Crippen molar-refractivity contribution in [2.45, 2.75) is 26.7 Å². The number of piperazine rings is 1. The number of halogens is 1. The van der Waals surface area contributed by atoms with Gasteiger partial charge in [-0.15, -0.1) is 0 Å². The summed E-state index contributed by atoms with van der Waals surface area (Å²) in [6.07, 6.45) is 1.25. The van der Waals surface area contributed by atoms with Crippen LogP contribution >= 0.6 is 0 Å². The average Bonchev–Trinajstić information content (AvgIpc) is 3.26. The van der Waals surface area contributed by atoms with E-state index in [2.05, 4.69) is 15.1 Å². The lowest BCUT2D eigenvalue weighted by Gasteiger charge is -2.36. The van der Waals surface area contributed by atoms with Crippen LogP contribution in [0.1, 0.15) is 39.2 Å². The Bertz CT molecular complexity index is 1120. The lowest BCUT2D eigenvalue weighted by Crippen LogP contribution is -2.52. The molecule has 2 aliphatic heterocycles. The molecular formula is C24H30FN5O3. The number of carbonyl (C=O) groups excluding carboxylic acids is 2. The van der Waals surface area contributed by atoms with Gasteiger partial charge in [-0.25, -0.2) is 9.49 Å². The van der Waals surface area contributed by atoms with Gasteiger partial charge >= 0.3 is 0 Å². The van der Waals surface area contributed by atoms with Crippen molar-refractivity contribution in [1.82, 2.24) is 24.9 Å². The van der Waals surface area contributed by atoms with Gasteiger partial charge in [0.25, 0.3) is 11.5 Å². The Labute approximate surface area is 192 Å². The second kappa shape index (κ2) is 9.43. The zero-order valence-electron chi connectivity index (χ0n) is 19.4. The highest BCUT2D eigenvalue weighted by Crippen LogP contribution is 2.21. The van der Waals surface area contributed by atoms with Gasteiger partial charge in [-0.3, -0.25) is 14.4 Å². The van der Waals surface area contributed by atoms with Gasteiger partial charge in [0.1, 0.15) is 5.82 Å². The molecule has 0 saturated carbocycles. The number of carbonyl (C=O) groups is 2. The van der Waals surface area contributed by atoms with E-state index in [1.165, 1.54) is 6.07 Å². The first-order valence-corrected chi connectivity index (χ1v) is 11.3. The molecular weight excluding hydrogens is 425 g/mol. The third kappa shape index (κ3) is 4.83. The molecule has 8 nitrogen and oxygen atoms in total. The van der Waals surface area contributed by atoms with Crippen LogP contribution in [0.15, 0.2) is 23.0 Å². The van der Waals surface area contributed by atoms with Crippen molar-refractivity contribution >= 4 is 11.8 Å². The molecule has 33 heavy (non-hydrogen) atoms. The first-order chi connectivity index (χ1) is 15.7. The molecule has 0 radical (unpaired) electrons. The van der Waals surface area contributed by atoms with Crippen LogP contribution in [0.3, 0.4) is 0 Å². The minimum absolute atomic E-state index is 0.0171. The van der Waals surface area contributed by atoms with Gasteiger partial charge in [-0.1, -0.05) is 6.07 Å². The number of nitrogens with one attached hydrogen (secondary N) is 1. The van der Waals surface area contributed by atoms with Gasteiger partial charge in [0.05, 0.1) is 17.2 Å². The number of likely N-dealkylation sites (tertiary alicyclic amines) is 1. The van der Waals surface area contributed by atoms with Crippen molar-refractivity contribution in [2.24, 2.45) is 5.92 Å². The molecule has 1 atom stereocenters. The molecule has 1 N–H and O–H groups in total. The second-order valence-electron chi connectivity index (χ2n) is 9.11. The normalized spacial score (nSPS) is 19.2. The van der Waals surface area contributed by atoms with Gasteiger partial charge in [-0.05, 0) is 57.1 Å². The molecule has 0 bridgehead atoms. The monoisotopic (exact) mass is 455 g/mol. The molecule has 2 aliphatic rings. The predicted octanol–water partition coefficient (Wildman–Crippen LogP) is 1.35. The van der Waals surface area contributed by atoms with E-state index < -0.39 is 5.82 Å². The third-order valence-electron chi connectivity index (χ3n) is 6.88. The first kappa shape index (κ1) is 23.1. The van der Waals surface area contributed by atoms with Crippen molar-refractivity contribution in [3.63, 3.8) is 0 Å². The fraction of sp³-hybridized carbons (Fsp3) is 0.500. The standard InChI is InChI=1S/C24H30FN5O3/c1-15-16(2)22(31)27-26-21(15)13-17-4-5-20(25)19(12-17)24(33)30-10-8-29(9-11-30)23(32)18-6-7-28(3)14-18/h4-5,12,18H,6-11,13-14H2,1-3H3,(H,27,31). The van der Waals surface area contributed by atoms with Crippen LogP contribution in [0.5, 0.6) is 0 Å². The highest BCUT2D eigenvalue weighted by molar-refractivity contribution is 5.95. The number of aromatic nitrogens is 2. The molecule has 1 aromatic heterocycles.